The van der Waals surface area contributed by atoms with Gasteiger partial charge in [-0.1, -0.05) is 39.0 Å². The van der Waals surface area contributed by atoms with Crippen molar-refractivity contribution in [2.45, 2.75) is 64.8 Å². The highest BCUT2D eigenvalue weighted by Crippen LogP contribution is 2.32. The Morgan fingerprint density at radius 1 is 1.33 bits per heavy atom. The molecule has 0 bridgehead atoms. The molecule has 0 amide bonds. The lowest BCUT2D eigenvalue weighted by Gasteiger charge is -2.28. The lowest BCUT2D eigenvalue weighted by molar-refractivity contribution is 0.459. The molecule has 2 rings (SSSR count). The largest absolute Gasteiger partial charge is 0.310 e. The van der Waals surface area contributed by atoms with Crippen molar-refractivity contribution in [1.82, 2.24) is 5.32 Å². The van der Waals surface area contributed by atoms with Crippen molar-refractivity contribution >= 4 is 0 Å². The van der Waals surface area contributed by atoms with Crippen LogP contribution in [0.3, 0.4) is 0 Å². The van der Waals surface area contributed by atoms with Crippen LogP contribution in [0.25, 0.3) is 0 Å². The van der Waals surface area contributed by atoms with Crippen molar-refractivity contribution in [1.29, 1.82) is 0 Å². The summed E-state index contributed by atoms with van der Waals surface area (Å²) in [4.78, 5) is 0. The molecule has 0 saturated heterocycles. The van der Waals surface area contributed by atoms with E-state index in [4.69, 9.17) is 0 Å². The van der Waals surface area contributed by atoms with Crippen LogP contribution in [0, 0.1) is 0 Å². The fourth-order valence-corrected chi connectivity index (χ4v) is 2.89. The number of hydrogen-bond donors (Lipinski definition) is 1. The van der Waals surface area contributed by atoms with E-state index < -0.39 is 0 Å². The average Bonchev–Trinajstić information content (AvgIpc) is 2.43. The number of benzene rings is 1. The molecule has 1 aliphatic rings. The number of hydrogen-bond acceptors (Lipinski definition) is 1. The first-order chi connectivity index (χ1) is 8.76. The maximum absolute atomic E-state index is 3.71. The highest BCUT2D eigenvalue weighted by molar-refractivity contribution is 5.37. The summed E-state index contributed by atoms with van der Waals surface area (Å²) in [5, 5.41) is 3.71. The van der Waals surface area contributed by atoms with E-state index in [0.29, 0.717) is 12.0 Å². The van der Waals surface area contributed by atoms with E-state index in [-0.39, 0.29) is 0 Å². The number of rotatable bonds is 5. The molecule has 1 N–H and O–H groups in total. The SMILES string of the molecule is CCCNC1CCCc2ccc(C(C)CC)cc21. The van der Waals surface area contributed by atoms with Crippen LogP contribution in [0.2, 0.25) is 0 Å². The van der Waals surface area contributed by atoms with E-state index in [1.807, 2.05) is 0 Å². The fourth-order valence-electron chi connectivity index (χ4n) is 2.89. The molecule has 0 radical (unpaired) electrons. The van der Waals surface area contributed by atoms with Crippen molar-refractivity contribution in [3.8, 4) is 0 Å². The fraction of sp³-hybridized carbons (Fsp3) is 0.647. The molecule has 1 aromatic rings. The van der Waals surface area contributed by atoms with Gasteiger partial charge in [0.15, 0.2) is 0 Å². The predicted octanol–water partition coefficient (Wildman–Crippen LogP) is 4.58. The summed E-state index contributed by atoms with van der Waals surface area (Å²) in [6, 6.07) is 7.78. The minimum atomic E-state index is 0.595. The van der Waals surface area contributed by atoms with Gasteiger partial charge >= 0.3 is 0 Å². The summed E-state index contributed by atoms with van der Waals surface area (Å²) in [7, 11) is 0. The Kier molecular flexibility index (Phi) is 4.82. The van der Waals surface area contributed by atoms with E-state index in [2.05, 4.69) is 44.3 Å². The van der Waals surface area contributed by atoms with Crippen LogP contribution in [-0.2, 0) is 6.42 Å². The van der Waals surface area contributed by atoms with Gasteiger partial charge in [0.05, 0.1) is 0 Å². The minimum absolute atomic E-state index is 0.595. The smallest absolute Gasteiger partial charge is 0.0323 e. The third-order valence-electron chi connectivity index (χ3n) is 4.31. The summed E-state index contributed by atoms with van der Waals surface area (Å²) in [6.45, 7) is 7.99. The van der Waals surface area contributed by atoms with Gasteiger partial charge in [0.25, 0.3) is 0 Å². The van der Waals surface area contributed by atoms with Crippen LogP contribution in [0.4, 0.5) is 0 Å². The quantitative estimate of drug-likeness (QED) is 0.801. The lowest BCUT2D eigenvalue weighted by Crippen LogP contribution is -2.26. The zero-order valence-electron chi connectivity index (χ0n) is 12.1. The van der Waals surface area contributed by atoms with Crippen molar-refractivity contribution in [3.05, 3.63) is 34.9 Å². The van der Waals surface area contributed by atoms with Gasteiger partial charge in [0, 0.05) is 6.04 Å². The van der Waals surface area contributed by atoms with Crippen molar-refractivity contribution in [2.75, 3.05) is 6.54 Å². The molecule has 1 heteroatoms. The first-order valence-corrected chi connectivity index (χ1v) is 7.62. The van der Waals surface area contributed by atoms with Crippen LogP contribution in [-0.4, -0.2) is 6.54 Å². The predicted molar refractivity (Wildman–Crippen MR) is 79.1 cm³/mol. The van der Waals surface area contributed by atoms with Crippen molar-refractivity contribution in [3.63, 3.8) is 0 Å². The molecular formula is C17H27N. The zero-order chi connectivity index (χ0) is 13.0. The lowest BCUT2D eigenvalue weighted by atomic mass is 9.84. The average molecular weight is 245 g/mol. The Morgan fingerprint density at radius 2 is 2.17 bits per heavy atom. The third kappa shape index (κ3) is 2.95. The molecule has 0 heterocycles. The topological polar surface area (TPSA) is 12.0 Å². The van der Waals surface area contributed by atoms with Crippen molar-refractivity contribution < 1.29 is 0 Å². The second-order valence-corrected chi connectivity index (χ2v) is 5.67. The molecule has 1 aliphatic carbocycles. The summed E-state index contributed by atoms with van der Waals surface area (Å²) in [5.74, 6) is 0.684. The molecule has 0 fully saturated rings. The van der Waals surface area contributed by atoms with Gasteiger partial charge in [-0.15, -0.1) is 0 Å². The monoisotopic (exact) mass is 245 g/mol. The normalized spacial score (nSPS) is 20.5. The maximum atomic E-state index is 3.71. The molecule has 2 unspecified atom stereocenters. The minimum Gasteiger partial charge on any atom is -0.310 e. The maximum Gasteiger partial charge on any atom is 0.0323 e. The third-order valence-corrected chi connectivity index (χ3v) is 4.31. The molecular weight excluding hydrogens is 218 g/mol. The zero-order valence-corrected chi connectivity index (χ0v) is 12.1. The van der Waals surface area contributed by atoms with E-state index >= 15 is 0 Å². The van der Waals surface area contributed by atoms with Crippen molar-refractivity contribution in [2.24, 2.45) is 0 Å². The first kappa shape index (κ1) is 13.6. The molecule has 1 aromatic carbocycles. The number of nitrogens with one attached hydrogen (secondary N) is 1. The Labute approximate surface area is 112 Å². The summed E-state index contributed by atoms with van der Waals surface area (Å²) >= 11 is 0. The van der Waals surface area contributed by atoms with E-state index in [1.165, 1.54) is 37.7 Å². The highest BCUT2D eigenvalue weighted by atomic mass is 14.9. The summed E-state index contributed by atoms with van der Waals surface area (Å²) < 4.78 is 0. The second-order valence-electron chi connectivity index (χ2n) is 5.67. The van der Waals surface area contributed by atoms with Crippen LogP contribution in [0.5, 0.6) is 0 Å². The van der Waals surface area contributed by atoms with Gasteiger partial charge in [-0.2, -0.15) is 0 Å². The van der Waals surface area contributed by atoms with Gasteiger partial charge in [0.1, 0.15) is 0 Å². The highest BCUT2D eigenvalue weighted by Gasteiger charge is 2.20. The van der Waals surface area contributed by atoms with Gasteiger partial charge in [0.2, 0.25) is 0 Å². The van der Waals surface area contributed by atoms with E-state index in [0.717, 1.165) is 6.54 Å². The van der Waals surface area contributed by atoms with Crippen LogP contribution in [0.1, 0.15) is 75.1 Å². The van der Waals surface area contributed by atoms with E-state index in [9.17, 15) is 0 Å². The van der Waals surface area contributed by atoms with Gasteiger partial charge in [-0.25, -0.2) is 0 Å². The summed E-state index contributed by atoms with van der Waals surface area (Å²) in [5.41, 5.74) is 4.66. The number of aryl methyl sites for hydroxylation is 1. The molecule has 100 valence electrons. The molecule has 0 spiro atoms. The Bertz CT molecular complexity index is 383. The second kappa shape index (κ2) is 6.38. The molecule has 0 aliphatic heterocycles. The van der Waals surface area contributed by atoms with Crippen LogP contribution < -0.4 is 5.32 Å². The molecule has 18 heavy (non-hydrogen) atoms. The van der Waals surface area contributed by atoms with Crippen LogP contribution in [0.15, 0.2) is 18.2 Å². The Balaban J connectivity index is 2.23. The van der Waals surface area contributed by atoms with Gasteiger partial charge < -0.3 is 5.32 Å². The molecule has 2 atom stereocenters. The van der Waals surface area contributed by atoms with Gasteiger partial charge in [-0.05, 0) is 61.3 Å². The Morgan fingerprint density at radius 3 is 2.89 bits per heavy atom. The Hall–Kier alpha value is -0.820. The standard InChI is InChI=1S/C17H27N/c1-4-11-18-17-8-6-7-14-9-10-15(12-16(14)17)13(3)5-2/h9-10,12-13,17-18H,4-8,11H2,1-3H3. The summed E-state index contributed by atoms with van der Waals surface area (Å²) in [6.07, 6.45) is 6.34. The molecule has 0 aromatic heterocycles. The van der Waals surface area contributed by atoms with E-state index in [1.54, 1.807) is 11.1 Å². The molecule has 0 saturated carbocycles. The molecule has 1 nitrogen and oxygen atoms in total. The first-order valence-electron chi connectivity index (χ1n) is 7.62. The van der Waals surface area contributed by atoms with Crippen LogP contribution >= 0.6 is 0 Å². The van der Waals surface area contributed by atoms with Gasteiger partial charge in [-0.3, -0.25) is 0 Å². The number of fused-ring (bicyclic) bond motifs is 1.